The van der Waals surface area contributed by atoms with Crippen LogP contribution in [0.2, 0.25) is 0 Å². The molecular formula is C10H8B3FN2O6S. The van der Waals surface area contributed by atoms with Crippen LogP contribution in [0, 0.1) is 4.77 Å². The number of aliphatic hydroxyl groups is 3. The molecule has 1 saturated heterocycles. The molecule has 0 aromatic carbocycles. The van der Waals surface area contributed by atoms with Crippen LogP contribution in [0.1, 0.15) is 10.4 Å². The lowest BCUT2D eigenvalue weighted by atomic mass is 9.59. The fraction of sp³-hybridized carbons (Fsp3) is 0.500. The van der Waals surface area contributed by atoms with Crippen LogP contribution in [-0.4, -0.2) is 78.2 Å². The van der Waals surface area contributed by atoms with E-state index in [1.54, 1.807) is 0 Å². The number of hydrogen-bond donors (Lipinski definition) is 4. The molecule has 0 spiro atoms. The lowest BCUT2D eigenvalue weighted by Gasteiger charge is -2.37. The van der Waals surface area contributed by atoms with Gasteiger partial charge in [0.2, 0.25) is 0 Å². The zero-order valence-electron chi connectivity index (χ0n) is 11.3. The summed E-state index contributed by atoms with van der Waals surface area (Å²) in [5, 5.41) is 26.0. The standard InChI is InChI=1S/C10H8B3FN2O6S/c11-9(16-1-3(2-17)6(20)15-7(16)23)5(19)4(18)8(14,22-9)10(12,13)21/h1-2,4-5,18-19,21H,(H,15,20,23)/t4-,5+,8-,9-/m0/s1. The van der Waals surface area contributed by atoms with Gasteiger partial charge in [-0.15, -0.1) is 0 Å². The number of carbonyl (C=O) groups is 1. The Labute approximate surface area is 137 Å². The number of H-pyrrole nitrogens is 1. The summed E-state index contributed by atoms with van der Waals surface area (Å²) in [6.07, 6.45) is -3.76. The van der Waals surface area contributed by atoms with Crippen molar-refractivity contribution in [2.45, 2.75) is 29.1 Å². The predicted octanol–water partition coefficient (Wildman–Crippen LogP) is -3.10. The summed E-state index contributed by atoms with van der Waals surface area (Å²) in [7, 11) is 15.7. The van der Waals surface area contributed by atoms with Gasteiger partial charge in [-0.2, -0.15) is 0 Å². The van der Waals surface area contributed by atoms with Crippen LogP contribution in [-0.2, 0) is 10.4 Å². The van der Waals surface area contributed by atoms with Crippen LogP contribution in [0.5, 0.6) is 0 Å². The highest BCUT2D eigenvalue weighted by atomic mass is 32.1. The highest BCUT2D eigenvalue weighted by Crippen LogP contribution is 2.44. The van der Waals surface area contributed by atoms with Crippen LogP contribution in [0.4, 0.5) is 4.39 Å². The first-order valence-corrected chi connectivity index (χ1v) is 6.45. The first-order chi connectivity index (χ1) is 10.4. The number of halogens is 1. The normalized spacial score (nSPS) is 34.4. The fourth-order valence-corrected chi connectivity index (χ4v) is 2.42. The maximum atomic E-state index is 14.6. The number of carbonyl (C=O) groups excluding carboxylic acids is 1. The van der Waals surface area contributed by atoms with Gasteiger partial charge in [0.25, 0.3) is 11.4 Å². The Morgan fingerprint density at radius 1 is 1.48 bits per heavy atom. The summed E-state index contributed by atoms with van der Waals surface area (Å²) >= 11 is 4.81. The average molecular weight is 336 g/mol. The molecular weight excluding hydrogens is 328 g/mol. The lowest BCUT2D eigenvalue weighted by molar-refractivity contribution is -0.242. The minimum atomic E-state index is -3.58. The van der Waals surface area contributed by atoms with Gasteiger partial charge in [-0.25, -0.2) is 4.39 Å². The number of aromatic amines is 1. The molecule has 4 atom stereocenters. The minimum absolute atomic E-state index is 0.149. The van der Waals surface area contributed by atoms with E-state index in [4.69, 9.17) is 40.5 Å². The van der Waals surface area contributed by atoms with E-state index >= 15 is 0 Å². The second-order valence-corrected chi connectivity index (χ2v) is 5.43. The van der Waals surface area contributed by atoms with E-state index < -0.39 is 45.0 Å². The summed E-state index contributed by atoms with van der Waals surface area (Å²) in [5.41, 5.74) is -3.96. The molecule has 13 heteroatoms. The van der Waals surface area contributed by atoms with E-state index in [0.717, 1.165) is 6.20 Å². The summed E-state index contributed by atoms with van der Waals surface area (Å²) in [4.78, 5) is 24.3. The van der Waals surface area contributed by atoms with Crippen LogP contribution < -0.4 is 5.56 Å². The molecule has 0 bridgehead atoms. The van der Waals surface area contributed by atoms with Gasteiger partial charge in [-0.1, -0.05) is 0 Å². The van der Waals surface area contributed by atoms with Crippen molar-refractivity contribution in [1.29, 1.82) is 0 Å². The summed E-state index contributed by atoms with van der Waals surface area (Å²) < 4.78 is 19.5. The van der Waals surface area contributed by atoms with E-state index in [1.165, 1.54) is 0 Å². The number of ether oxygens (including phenoxy) is 1. The van der Waals surface area contributed by atoms with Gasteiger partial charge in [0.1, 0.15) is 41.4 Å². The van der Waals surface area contributed by atoms with Gasteiger partial charge in [-0.3, -0.25) is 14.6 Å². The Morgan fingerprint density at radius 3 is 2.48 bits per heavy atom. The predicted molar refractivity (Wildman–Crippen MR) is 78.4 cm³/mol. The van der Waals surface area contributed by atoms with Crippen LogP contribution >= 0.6 is 12.2 Å². The van der Waals surface area contributed by atoms with Crippen molar-refractivity contribution in [3.8, 4) is 0 Å². The average Bonchev–Trinajstić information content (AvgIpc) is 2.61. The number of nitrogens with zero attached hydrogens (tertiary/aromatic N) is 1. The number of aldehydes is 1. The maximum absolute atomic E-state index is 14.6. The number of aliphatic hydroxyl groups excluding tert-OH is 2. The quantitative estimate of drug-likeness (QED) is 0.262. The van der Waals surface area contributed by atoms with Gasteiger partial charge < -0.3 is 24.6 Å². The number of aromatic nitrogens is 2. The zero-order valence-corrected chi connectivity index (χ0v) is 12.2. The summed E-state index contributed by atoms with van der Waals surface area (Å²) in [6, 6.07) is 0. The molecule has 2 rings (SSSR count). The molecule has 1 aliphatic heterocycles. The summed E-state index contributed by atoms with van der Waals surface area (Å²) in [6.45, 7) is 0. The molecule has 23 heavy (non-hydrogen) atoms. The third-order valence-corrected chi connectivity index (χ3v) is 3.73. The Hall–Kier alpha value is -1.27. The molecule has 0 amide bonds. The van der Waals surface area contributed by atoms with Crippen molar-refractivity contribution in [2.24, 2.45) is 0 Å². The third-order valence-electron chi connectivity index (χ3n) is 3.43. The molecule has 0 saturated carbocycles. The number of nitrogens with one attached hydrogen (secondary N) is 1. The molecule has 8 nitrogen and oxygen atoms in total. The van der Waals surface area contributed by atoms with E-state index in [2.05, 4.69) is 4.98 Å². The topological polar surface area (TPSA) is 125 Å². The van der Waals surface area contributed by atoms with Crippen molar-refractivity contribution in [1.82, 2.24) is 9.55 Å². The lowest BCUT2D eigenvalue weighted by Crippen LogP contribution is -2.59. The van der Waals surface area contributed by atoms with Crippen LogP contribution in [0.3, 0.4) is 0 Å². The number of rotatable bonds is 3. The molecule has 1 aromatic rings. The van der Waals surface area contributed by atoms with Crippen molar-refractivity contribution in [3.63, 3.8) is 0 Å². The highest BCUT2D eigenvalue weighted by Gasteiger charge is 2.66. The number of alkyl halides is 1. The SMILES string of the molecule is [B]C([B])(O)[C@@]1(F)O[C@@]([B])(n2cc(C=O)c(=O)[nH]c2=S)[C@H](O)[C@@H]1O. The monoisotopic (exact) mass is 336 g/mol. The maximum Gasteiger partial charge on any atom is 0.262 e. The van der Waals surface area contributed by atoms with Gasteiger partial charge in [0, 0.05) is 11.6 Å². The Morgan fingerprint density at radius 2 is 2.04 bits per heavy atom. The van der Waals surface area contributed by atoms with Crippen LogP contribution in [0.15, 0.2) is 11.0 Å². The molecule has 0 aliphatic carbocycles. The van der Waals surface area contributed by atoms with Crippen LogP contribution in [0.25, 0.3) is 0 Å². The van der Waals surface area contributed by atoms with Crippen molar-refractivity contribution in [2.75, 3.05) is 0 Å². The van der Waals surface area contributed by atoms with E-state index in [9.17, 15) is 29.3 Å². The van der Waals surface area contributed by atoms with Gasteiger partial charge in [0.05, 0.1) is 5.56 Å². The number of hydrogen-bond acceptors (Lipinski definition) is 7. The Bertz CT molecular complexity index is 766. The second kappa shape index (κ2) is 5.38. The van der Waals surface area contributed by atoms with Crippen molar-refractivity contribution >= 4 is 42.0 Å². The zero-order chi connectivity index (χ0) is 17.8. The molecule has 116 valence electrons. The summed E-state index contributed by atoms with van der Waals surface area (Å²) in [5.74, 6) is -3.58. The molecule has 1 aromatic heterocycles. The first kappa shape index (κ1) is 18.1. The molecule has 1 aliphatic rings. The largest absolute Gasteiger partial charge is 0.403 e. The van der Waals surface area contributed by atoms with Gasteiger partial charge in [-0.05, 0) is 12.2 Å². The van der Waals surface area contributed by atoms with E-state index in [-0.39, 0.29) is 6.29 Å². The second-order valence-electron chi connectivity index (χ2n) is 5.05. The first-order valence-electron chi connectivity index (χ1n) is 6.04. The molecule has 6 radical (unpaired) electrons. The third kappa shape index (κ3) is 2.52. The Balaban J connectivity index is 2.67. The van der Waals surface area contributed by atoms with E-state index in [1.807, 2.05) is 0 Å². The minimum Gasteiger partial charge on any atom is -0.403 e. The van der Waals surface area contributed by atoms with E-state index in [0.29, 0.717) is 4.57 Å². The van der Waals surface area contributed by atoms with Crippen molar-refractivity contribution in [3.05, 3.63) is 26.9 Å². The van der Waals surface area contributed by atoms with Crippen molar-refractivity contribution < 1.29 is 29.2 Å². The van der Waals surface area contributed by atoms with Gasteiger partial charge in [0.15, 0.2) is 11.1 Å². The van der Waals surface area contributed by atoms with Gasteiger partial charge >= 0.3 is 0 Å². The molecule has 1 fully saturated rings. The molecule has 0 unspecified atom stereocenters. The fourth-order valence-electron chi connectivity index (χ4n) is 2.13. The highest BCUT2D eigenvalue weighted by molar-refractivity contribution is 7.71. The molecule has 2 heterocycles. The molecule has 4 N–H and O–H groups in total. The Kier molecular flexibility index (Phi) is 4.23. The smallest absolute Gasteiger partial charge is 0.262 e.